The number of nitrogens with one attached hydrogen (secondary N) is 2. The first-order chi connectivity index (χ1) is 29.4. The minimum atomic E-state index is -0.186. The number of rotatable bonds is 10. The van der Waals surface area contributed by atoms with Crippen LogP contribution in [0.5, 0.6) is 0 Å². The average molecular weight is 799 g/mol. The van der Waals surface area contributed by atoms with Gasteiger partial charge in [-0.1, -0.05) is 111 Å². The second-order valence-electron chi connectivity index (χ2n) is 18.3. The molecule has 4 fully saturated rings. The Hall–Kier alpha value is -5.50. The van der Waals surface area contributed by atoms with E-state index < -0.39 is 0 Å². The van der Waals surface area contributed by atoms with Gasteiger partial charge in [-0.05, 0) is 124 Å². The van der Waals surface area contributed by atoms with Crippen molar-refractivity contribution in [2.45, 2.75) is 127 Å². The van der Waals surface area contributed by atoms with Crippen LogP contribution in [0.2, 0.25) is 0 Å². The van der Waals surface area contributed by atoms with Gasteiger partial charge in [-0.25, -0.2) is 9.97 Å². The molecule has 2 saturated heterocycles. The van der Waals surface area contributed by atoms with Crippen molar-refractivity contribution in [3.8, 4) is 0 Å². The molecule has 60 heavy (non-hydrogen) atoms. The van der Waals surface area contributed by atoms with Crippen molar-refractivity contribution in [1.29, 1.82) is 0 Å². The number of imidazole rings is 2. The van der Waals surface area contributed by atoms with E-state index in [1.165, 1.54) is 49.7 Å². The van der Waals surface area contributed by atoms with Gasteiger partial charge in [0.15, 0.2) is 0 Å². The first-order valence-electron chi connectivity index (χ1n) is 22.8. The lowest BCUT2D eigenvalue weighted by Crippen LogP contribution is -2.42. The lowest BCUT2D eigenvalue weighted by atomic mass is 9.84. The van der Waals surface area contributed by atoms with Crippen molar-refractivity contribution in [1.82, 2.24) is 29.7 Å². The lowest BCUT2D eigenvalue weighted by Gasteiger charge is -2.35. The molecule has 2 aromatic heterocycles. The summed E-state index contributed by atoms with van der Waals surface area (Å²) in [6.45, 7) is 4.12. The average Bonchev–Trinajstić information content (AvgIpc) is 4.09. The van der Waals surface area contributed by atoms with E-state index in [0.29, 0.717) is 23.9 Å². The predicted molar refractivity (Wildman–Crippen MR) is 238 cm³/mol. The molecule has 8 nitrogen and oxygen atoms in total. The van der Waals surface area contributed by atoms with Crippen molar-refractivity contribution >= 4 is 33.9 Å². The molecule has 8 atom stereocenters. The van der Waals surface area contributed by atoms with Crippen molar-refractivity contribution in [2.24, 2.45) is 11.8 Å². The SMILES string of the molecule is CC(C(=O)N1C(c2nc3ccc(C/C=C/Cc4ccc5nc(C6CC7CCCCC7N6C(=O)C(C)c6ccccc6)[nH]c5c4)cc3[nH]2)CC2CCCCC21)c1ccccc1. The van der Waals surface area contributed by atoms with Crippen LogP contribution < -0.4 is 0 Å². The maximum atomic E-state index is 14.2. The number of likely N-dealkylation sites (tertiary alicyclic amines) is 2. The van der Waals surface area contributed by atoms with E-state index in [4.69, 9.17) is 9.97 Å². The fourth-order valence-electron chi connectivity index (χ4n) is 11.4. The molecule has 4 heterocycles. The Morgan fingerprint density at radius 2 is 1.02 bits per heavy atom. The number of H-pyrrole nitrogens is 2. The van der Waals surface area contributed by atoms with E-state index in [9.17, 15) is 9.59 Å². The highest BCUT2D eigenvalue weighted by Crippen LogP contribution is 2.48. The molecule has 4 aromatic carbocycles. The molecule has 6 aromatic rings. The summed E-state index contributed by atoms with van der Waals surface area (Å²) in [7, 11) is 0. The number of fused-ring (bicyclic) bond motifs is 4. The number of amides is 2. The minimum Gasteiger partial charge on any atom is -0.340 e. The Bertz CT molecular complexity index is 2330. The molecular weight excluding hydrogens is 741 g/mol. The van der Waals surface area contributed by atoms with Crippen LogP contribution in [0.1, 0.15) is 136 Å². The third-order valence-electron chi connectivity index (χ3n) is 14.7. The molecule has 2 aliphatic carbocycles. The van der Waals surface area contributed by atoms with Crippen molar-refractivity contribution < 1.29 is 9.59 Å². The van der Waals surface area contributed by atoms with Crippen molar-refractivity contribution in [2.75, 3.05) is 0 Å². The third kappa shape index (κ3) is 7.36. The van der Waals surface area contributed by atoms with Crippen LogP contribution in [-0.4, -0.2) is 53.6 Å². The first-order valence-corrected chi connectivity index (χ1v) is 22.8. The van der Waals surface area contributed by atoms with E-state index in [-0.39, 0.29) is 35.7 Å². The number of nitrogens with zero attached hydrogens (tertiary/aromatic N) is 4. The second kappa shape index (κ2) is 16.5. The fraction of sp³-hybridized carbons (Fsp3) is 0.423. The number of hydrogen-bond donors (Lipinski definition) is 2. The molecule has 8 heteroatoms. The largest absolute Gasteiger partial charge is 0.340 e. The summed E-state index contributed by atoms with van der Waals surface area (Å²) in [5.41, 5.74) is 8.58. The zero-order valence-electron chi connectivity index (χ0n) is 35.1. The van der Waals surface area contributed by atoms with Gasteiger partial charge in [0, 0.05) is 12.1 Å². The van der Waals surface area contributed by atoms with E-state index in [1.807, 2.05) is 36.4 Å². The van der Waals surface area contributed by atoms with Gasteiger partial charge in [0.05, 0.1) is 46.0 Å². The van der Waals surface area contributed by atoms with Gasteiger partial charge < -0.3 is 19.8 Å². The summed E-state index contributed by atoms with van der Waals surface area (Å²) in [6.07, 6.45) is 17.5. The van der Waals surface area contributed by atoms with Gasteiger partial charge in [-0.3, -0.25) is 9.59 Å². The van der Waals surface area contributed by atoms with Gasteiger partial charge in [-0.15, -0.1) is 0 Å². The Balaban J connectivity index is 0.818. The summed E-state index contributed by atoms with van der Waals surface area (Å²) < 4.78 is 0. The summed E-state index contributed by atoms with van der Waals surface area (Å²) in [5, 5.41) is 0. The van der Waals surface area contributed by atoms with Crippen LogP contribution in [0, 0.1) is 11.8 Å². The molecule has 2 N–H and O–H groups in total. The van der Waals surface area contributed by atoms with Crippen LogP contribution in [0.4, 0.5) is 0 Å². The van der Waals surface area contributed by atoms with Gasteiger partial charge in [-0.2, -0.15) is 0 Å². The molecule has 2 amide bonds. The van der Waals surface area contributed by atoms with Crippen molar-refractivity contribution in [3.63, 3.8) is 0 Å². The van der Waals surface area contributed by atoms with E-state index in [2.05, 4.69) is 106 Å². The number of aromatic amines is 2. The van der Waals surface area contributed by atoms with E-state index in [1.54, 1.807) is 0 Å². The molecule has 0 radical (unpaired) electrons. The molecule has 2 aliphatic heterocycles. The number of allylic oxidation sites excluding steroid dienone is 2. The molecule has 2 saturated carbocycles. The highest BCUT2D eigenvalue weighted by molar-refractivity contribution is 5.85. The summed E-state index contributed by atoms with van der Waals surface area (Å²) >= 11 is 0. The zero-order valence-corrected chi connectivity index (χ0v) is 35.1. The molecule has 4 aliphatic rings. The van der Waals surface area contributed by atoms with Crippen molar-refractivity contribution in [3.05, 3.63) is 143 Å². The van der Waals surface area contributed by atoms with Crippen LogP contribution in [-0.2, 0) is 22.4 Å². The summed E-state index contributed by atoms with van der Waals surface area (Å²) in [5.74, 6) is 2.98. The zero-order chi connectivity index (χ0) is 40.7. The number of benzene rings is 4. The minimum absolute atomic E-state index is 0.0251. The maximum Gasteiger partial charge on any atom is 0.230 e. The Kier molecular flexibility index (Phi) is 10.6. The van der Waals surface area contributed by atoms with Crippen LogP contribution in [0.15, 0.2) is 109 Å². The molecule has 0 spiro atoms. The normalized spacial score (nSPS) is 25.2. The first kappa shape index (κ1) is 38.7. The third-order valence-corrected chi connectivity index (χ3v) is 14.7. The summed E-state index contributed by atoms with van der Waals surface area (Å²) in [6, 6.07) is 34.0. The number of aromatic nitrogens is 4. The summed E-state index contributed by atoms with van der Waals surface area (Å²) in [4.78, 5) is 50.4. The van der Waals surface area contributed by atoms with Crippen LogP contribution >= 0.6 is 0 Å². The molecular formula is C52H58N6O2. The predicted octanol–water partition coefficient (Wildman–Crippen LogP) is 11.1. The highest BCUT2D eigenvalue weighted by Gasteiger charge is 2.48. The molecule has 8 unspecified atom stereocenters. The van der Waals surface area contributed by atoms with Gasteiger partial charge in [0.2, 0.25) is 11.8 Å². The highest BCUT2D eigenvalue weighted by atomic mass is 16.2. The maximum absolute atomic E-state index is 14.2. The Morgan fingerprint density at radius 1 is 0.600 bits per heavy atom. The second-order valence-corrected chi connectivity index (χ2v) is 18.3. The fourth-order valence-corrected chi connectivity index (χ4v) is 11.4. The smallest absolute Gasteiger partial charge is 0.230 e. The standard InChI is InChI=1S/C52H58N6O2/c1-33(37-17-5-3-6-18-37)51(59)57-45-23-13-11-21-39(45)31-47(57)49-53-41-27-25-35(29-43(41)55-49)15-9-10-16-36-26-28-42-44(30-36)56-50(54-42)48-32-40-22-12-14-24-46(40)58(48)52(60)34(2)38-19-7-4-8-20-38/h3-10,17-20,25-30,33-34,39-40,45-48H,11-16,21-24,31-32H2,1-2H3,(H,53,55)(H,54,56)/b10-9+. The number of carbonyl (C=O) groups excluding carboxylic acids is 2. The van der Waals surface area contributed by atoms with Gasteiger partial charge >= 0.3 is 0 Å². The number of hydrogen-bond acceptors (Lipinski definition) is 4. The topological polar surface area (TPSA) is 98.0 Å². The molecule has 0 bridgehead atoms. The van der Waals surface area contributed by atoms with Crippen LogP contribution in [0.25, 0.3) is 22.1 Å². The Labute approximate surface area is 353 Å². The molecule has 10 rings (SSSR count). The Morgan fingerprint density at radius 3 is 1.45 bits per heavy atom. The monoisotopic (exact) mass is 798 g/mol. The van der Waals surface area contributed by atoms with Gasteiger partial charge in [0.1, 0.15) is 11.6 Å². The van der Waals surface area contributed by atoms with E-state index >= 15 is 0 Å². The van der Waals surface area contributed by atoms with Gasteiger partial charge in [0.25, 0.3) is 0 Å². The van der Waals surface area contributed by atoms with Crippen LogP contribution in [0.3, 0.4) is 0 Å². The molecule has 308 valence electrons. The number of carbonyl (C=O) groups is 2. The quantitative estimate of drug-likeness (QED) is 0.135. The lowest BCUT2D eigenvalue weighted by molar-refractivity contribution is -0.137. The van der Waals surface area contributed by atoms with E-state index in [0.717, 1.165) is 83.4 Å².